The highest BCUT2D eigenvalue weighted by atomic mass is 16.2. The van der Waals surface area contributed by atoms with Gasteiger partial charge in [-0.3, -0.25) is 14.5 Å². The van der Waals surface area contributed by atoms with E-state index in [-0.39, 0.29) is 17.9 Å². The molecule has 126 valence electrons. The van der Waals surface area contributed by atoms with E-state index in [0.29, 0.717) is 6.04 Å². The molecular weight excluding hydrogens is 292 g/mol. The van der Waals surface area contributed by atoms with Gasteiger partial charge in [-0.05, 0) is 51.3 Å². The van der Waals surface area contributed by atoms with Crippen LogP contribution < -0.4 is 5.73 Å². The largest absolute Gasteiger partial charge is 0.368 e. The maximum atomic E-state index is 12.7. The van der Waals surface area contributed by atoms with Crippen molar-refractivity contribution in [1.29, 1.82) is 0 Å². The van der Waals surface area contributed by atoms with Crippen molar-refractivity contribution < 1.29 is 9.59 Å². The lowest BCUT2D eigenvalue weighted by atomic mass is 10.0. The van der Waals surface area contributed by atoms with E-state index in [4.69, 9.17) is 5.73 Å². The van der Waals surface area contributed by atoms with Gasteiger partial charge in [-0.25, -0.2) is 0 Å². The smallest absolute Gasteiger partial charge is 0.270 e. The van der Waals surface area contributed by atoms with Crippen molar-refractivity contribution in [3.05, 3.63) is 23.5 Å². The predicted octanol–water partition coefficient (Wildman–Crippen LogP) is 0.888. The van der Waals surface area contributed by atoms with Crippen molar-refractivity contribution in [2.24, 2.45) is 12.8 Å². The number of carbonyl (C=O) groups is 2. The average molecular weight is 318 g/mol. The van der Waals surface area contributed by atoms with Crippen LogP contribution in [0.5, 0.6) is 0 Å². The van der Waals surface area contributed by atoms with Gasteiger partial charge in [-0.1, -0.05) is 0 Å². The maximum absolute atomic E-state index is 12.7. The van der Waals surface area contributed by atoms with Crippen LogP contribution in [0.15, 0.2) is 12.1 Å². The summed E-state index contributed by atoms with van der Waals surface area (Å²) in [6, 6.07) is 4.13. The number of aromatic nitrogens is 1. The number of piperidine rings is 1. The Hall–Kier alpha value is -1.82. The summed E-state index contributed by atoms with van der Waals surface area (Å²) in [6.45, 7) is 4.44. The summed E-state index contributed by atoms with van der Waals surface area (Å²) < 4.78 is 1.94. The fraction of sp³-hybridized carbons (Fsp3) is 0.647. The van der Waals surface area contributed by atoms with Crippen molar-refractivity contribution in [3.63, 3.8) is 0 Å². The van der Waals surface area contributed by atoms with Crippen LogP contribution in [-0.4, -0.2) is 57.9 Å². The molecule has 1 atom stereocenters. The van der Waals surface area contributed by atoms with E-state index >= 15 is 0 Å². The quantitative estimate of drug-likeness (QED) is 0.899. The molecular formula is C17H26N4O2. The molecule has 1 aromatic heterocycles. The highest BCUT2D eigenvalue weighted by Crippen LogP contribution is 2.26. The third-order valence-corrected chi connectivity index (χ3v) is 5.44. The van der Waals surface area contributed by atoms with E-state index in [1.165, 1.54) is 0 Å². The van der Waals surface area contributed by atoms with Gasteiger partial charge in [0.25, 0.3) is 5.91 Å². The highest BCUT2D eigenvalue weighted by Gasteiger charge is 2.36. The van der Waals surface area contributed by atoms with Crippen LogP contribution in [0.1, 0.15) is 41.9 Å². The number of hydrogen-bond acceptors (Lipinski definition) is 3. The summed E-state index contributed by atoms with van der Waals surface area (Å²) in [5, 5.41) is 0. The monoisotopic (exact) mass is 318 g/mol. The van der Waals surface area contributed by atoms with Gasteiger partial charge in [-0.15, -0.1) is 0 Å². The minimum absolute atomic E-state index is 0.104. The van der Waals surface area contributed by atoms with Gasteiger partial charge in [0.2, 0.25) is 5.91 Å². The van der Waals surface area contributed by atoms with Crippen LogP contribution in [0.25, 0.3) is 0 Å². The van der Waals surface area contributed by atoms with Gasteiger partial charge in [-0.2, -0.15) is 0 Å². The third-order valence-electron chi connectivity index (χ3n) is 5.44. The zero-order chi connectivity index (χ0) is 16.6. The molecule has 1 unspecified atom stereocenters. The molecule has 6 heteroatoms. The summed E-state index contributed by atoms with van der Waals surface area (Å²) in [4.78, 5) is 28.4. The normalized spacial score (nSPS) is 23.4. The number of likely N-dealkylation sites (tertiary alicyclic amines) is 2. The molecule has 0 saturated carbocycles. The van der Waals surface area contributed by atoms with E-state index < -0.39 is 0 Å². The number of hydrogen-bond donors (Lipinski definition) is 1. The zero-order valence-electron chi connectivity index (χ0n) is 14.0. The molecule has 2 aliphatic heterocycles. The summed E-state index contributed by atoms with van der Waals surface area (Å²) in [6.07, 6.45) is 3.74. The fourth-order valence-corrected chi connectivity index (χ4v) is 3.92. The van der Waals surface area contributed by atoms with E-state index in [9.17, 15) is 9.59 Å². The molecule has 6 nitrogen and oxygen atoms in total. The summed E-state index contributed by atoms with van der Waals surface area (Å²) in [7, 11) is 1.93. The number of primary amides is 1. The zero-order valence-corrected chi connectivity index (χ0v) is 14.0. The Morgan fingerprint density at radius 2 is 1.83 bits per heavy atom. The molecule has 23 heavy (non-hydrogen) atoms. The maximum Gasteiger partial charge on any atom is 0.270 e. The lowest BCUT2D eigenvalue weighted by molar-refractivity contribution is -0.123. The van der Waals surface area contributed by atoms with E-state index in [0.717, 1.165) is 56.7 Å². The van der Waals surface area contributed by atoms with E-state index in [1.54, 1.807) is 0 Å². The number of nitrogens with two attached hydrogens (primary N) is 1. The van der Waals surface area contributed by atoms with E-state index in [2.05, 4.69) is 4.90 Å². The Morgan fingerprint density at radius 3 is 2.39 bits per heavy atom. The summed E-state index contributed by atoms with van der Waals surface area (Å²) in [5.41, 5.74) is 7.35. The second kappa shape index (κ2) is 6.35. The predicted molar refractivity (Wildman–Crippen MR) is 88.0 cm³/mol. The highest BCUT2D eigenvalue weighted by molar-refractivity contribution is 5.93. The fourth-order valence-electron chi connectivity index (χ4n) is 3.92. The SMILES string of the molecule is Cc1ccc(C(=O)N2CCC(N3CCCC3C(N)=O)CC2)n1C. The molecule has 3 heterocycles. The Labute approximate surface area is 137 Å². The van der Waals surface area contributed by atoms with Crippen LogP contribution in [0.3, 0.4) is 0 Å². The minimum Gasteiger partial charge on any atom is -0.368 e. The van der Waals surface area contributed by atoms with E-state index in [1.807, 2.05) is 35.6 Å². The lowest BCUT2D eigenvalue weighted by Gasteiger charge is -2.38. The van der Waals surface area contributed by atoms with Gasteiger partial charge in [0.1, 0.15) is 5.69 Å². The Kier molecular flexibility index (Phi) is 4.43. The van der Waals surface area contributed by atoms with Crippen LogP contribution in [0.2, 0.25) is 0 Å². The molecule has 2 fully saturated rings. The number of aryl methyl sites for hydroxylation is 1. The van der Waals surface area contributed by atoms with Crippen LogP contribution in [0.4, 0.5) is 0 Å². The van der Waals surface area contributed by atoms with Crippen LogP contribution in [0, 0.1) is 6.92 Å². The summed E-state index contributed by atoms with van der Waals surface area (Å²) >= 11 is 0. The van der Waals surface area contributed by atoms with Gasteiger partial charge in [0.05, 0.1) is 6.04 Å². The van der Waals surface area contributed by atoms with Crippen LogP contribution in [-0.2, 0) is 11.8 Å². The van der Waals surface area contributed by atoms with Gasteiger partial charge < -0.3 is 15.2 Å². The molecule has 2 saturated heterocycles. The van der Waals surface area contributed by atoms with Gasteiger partial charge in [0, 0.05) is 31.9 Å². The summed E-state index contributed by atoms with van der Waals surface area (Å²) in [5.74, 6) is -0.104. The molecule has 0 bridgehead atoms. The first-order valence-corrected chi connectivity index (χ1v) is 8.45. The second-order valence-corrected chi connectivity index (χ2v) is 6.74. The van der Waals surface area contributed by atoms with Crippen molar-refractivity contribution in [2.75, 3.05) is 19.6 Å². The van der Waals surface area contributed by atoms with Gasteiger partial charge in [0.15, 0.2) is 0 Å². The number of carbonyl (C=O) groups excluding carboxylic acids is 2. The van der Waals surface area contributed by atoms with Crippen molar-refractivity contribution in [3.8, 4) is 0 Å². The molecule has 0 aliphatic carbocycles. The molecule has 3 rings (SSSR count). The number of nitrogens with zero attached hydrogens (tertiary/aromatic N) is 3. The molecule has 2 amide bonds. The van der Waals surface area contributed by atoms with Crippen molar-refractivity contribution in [1.82, 2.24) is 14.4 Å². The Balaban J connectivity index is 1.61. The molecule has 2 aliphatic rings. The Bertz CT molecular complexity index is 602. The molecule has 0 aromatic carbocycles. The molecule has 2 N–H and O–H groups in total. The first-order valence-electron chi connectivity index (χ1n) is 8.45. The van der Waals surface area contributed by atoms with Crippen LogP contribution >= 0.6 is 0 Å². The Morgan fingerprint density at radius 1 is 1.13 bits per heavy atom. The number of amides is 2. The average Bonchev–Trinajstić information content (AvgIpc) is 3.15. The second-order valence-electron chi connectivity index (χ2n) is 6.74. The molecule has 1 aromatic rings. The minimum atomic E-state index is -0.208. The van der Waals surface area contributed by atoms with Gasteiger partial charge >= 0.3 is 0 Å². The topological polar surface area (TPSA) is 71.6 Å². The first-order chi connectivity index (χ1) is 11.0. The number of rotatable bonds is 3. The van der Waals surface area contributed by atoms with Crippen molar-refractivity contribution >= 4 is 11.8 Å². The lowest BCUT2D eigenvalue weighted by Crippen LogP contribution is -2.51. The van der Waals surface area contributed by atoms with Crippen molar-refractivity contribution in [2.45, 2.75) is 44.7 Å². The first kappa shape index (κ1) is 16.1. The third kappa shape index (κ3) is 3.00. The standard InChI is InChI=1S/C17H26N4O2/c1-12-5-6-15(19(12)2)17(23)20-10-7-13(8-11-20)21-9-3-4-14(21)16(18)22/h5-6,13-14H,3-4,7-11H2,1-2H3,(H2,18,22). The molecule has 0 spiro atoms. The molecule has 0 radical (unpaired) electrons.